The second-order valence-electron chi connectivity index (χ2n) is 12.7. The number of nitrogen functional groups attached to an aromatic ring is 1. The molecule has 0 aliphatic carbocycles. The number of nitrogens with one attached hydrogen (secondary N) is 1. The number of anilines is 3. The first kappa shape index (κ1) is 42.7. The van der Waals surface area contributed by atoms with Gasteiger partial charge in [-0.05, 0) is 59.7 Å². The number of nitro groups is 2. The molecule has 8 aromatic rings. The van der Waals surface area contributed by atoms with Gasteiger partial charge in [-0.15, -0.1) is 0 Å². The summed E-state index contributed by atoms with van der Waals surface area (Å²) < 4.78 is 11.7. The zero-order valence-electron chi connectivity index (χ0n) is 31.9. The number of pyridine rings is 2. The molecule has 61 heavy (non-hydrogen) atoms. The molecule has 0 fully saturated rings. The van der Waals surface area contributed by atoms with Crippen molar-refractivity contribution in [3.8, 4) is 11.5 Å². The quantitative estimate of drug-likeness (QED) is 0.0522. The Morgan fingerprint density at radius 1 is 0.590 bits per heavy atom. The first-order valence-electron chi connectivity index (χ1n) is 18.1. The SMILES string of the molecule is Nc1cnc(CO)cn1.O=[N+]([O-])c1ccc(OCc2ccnc(Cl)c2)c2ccccc12.O=[N+]([O-])c1ccc(OCc2ccnc(Nc3cnc(CO)cn3)c2)c2ccccc12. The van der Waals surface area contributed by atoms with Crippen LogP contribution in [0, 0.1) is 20.2 Å². The van der Waals surface area contributed by atoms with Crippen LogP contribution in [0.1, 0.15) is 22.5 Å². The first-order valence-corrected chi connectivity index (χ1v) is 18.5. The highest BCUT2D eigenvalue weighted by atomic mass is 35.5. The Morgan fingerprint density at radius 3 is 1.57 bits per heavy atom. The number of hydrogen-bond acceptors (Lipinski definition) is 16. The Kier molecular flexibility index (Phi) is 14.5. The Morgan fingerprint density at radius 2 is 1.10 bits per heavy atom. The lowest BCUT2D eigenvalue weighted by Crippen LogP contribution is -2.01. The van der Waals surface area contributed by atoms with Crippen LogP contribution in [0.4, 0.5) is 28.8 Å². The molecule has 4 aromatic heterocycles. The van der Waals surface area contributed by atoms with Gasteiger partial charge in [-0.1, -0.05) is 48.0 Å². The number of nitro benzene ring substituents is 2. The van der Waals surface area contributed by atoms with Gasteiger partial charge < -0.3 is 30.7 Å². The van der Waals surface area contributed by atoms with E-state index >= 15 is 0 Å². The summed E-state index contributed by atoms with van der Waals surface area (Å²) in [5.41, 5.74) is 8.08. The molecule has 4 aromatic carbocycles. The number of nitrogens with zero attached hydrogens (tertiary/aromatic N) is 8. The van der Waals surface area contributed by atoms with Gasteiger partial charge in [-0.3, -0.25) is 30.2 Å². The average Bonchev–Trinajstić information content (AvgIpc) is 3.28. The normalized spacial score (nSPS) is 10.5. The third-order valence-corrected chi connectivity index (χ3v) is 8.74. The highest BCUT2D eigenvalue weighted by Gasteiger charge is 2.16. The van der Waals surface area contributed by atoms with E-state index in [-0.39, 0.29) is 31.2 Å². The number of aliphatic hydroxyl groups is 2. The number of rotatable bonds is 12. The van der Waals surface area contributed by atoms with Crippen LogP contribution in [0.25, 0.3) is 21.5 Å². The van der Waals surface area contributed by atoms with E-state index in [9.17, 15) is 20.2 Å². The predicted octanol–water partition coefficient (Wildman–Crippen LogP) is 7.67. The topological polar surface area (TPSA) is 261 Å². The maximum Gasteiger partial charge on any atom is 0.277 e. The molecule has 0 bridgehead atoms. The van der Waals surface area contributed by atoms with Crippen molar-refractivity contribution in [3.63, 3.8) is 0 Å². The molecular formula is C42H35ClN10O8. The number of aliphatic hydroxyl groups excluding tert-OH is 2. The van der Waals surface area contributed by atoms with Gasteiger partial charge in [0.25, 0.3) is 11.4 Å². The molecule has 0 amide bonds. The van der Waals surface area contributed by atoms with Crippen molar-refractivity contribution < 1.29 is 29.5 Å². The van der Waals surface area contributed by atoms with Gasteiger partial charge in [-0.2, -0.15) is 0 Å². The summed E-state index contributed by atoms with van der Waals surface area (Å²) >= 11 is 5.84. The van der Waals surface area contributed by atoms with Crippen LogP contribution in [-0.2, 0) is 26.4 Å². The molecule has 0 aliphatic heterocycles. The smallest absolute Gasteiger partial charge is 0.277 e. The fourth-order valence-electron chi connectivity index (χ4n) is 5.65. The fourth-order valence-corrected chi connectivity index (χ4v) is 5.84. The monoisotopic (exact) mass is 842 g/mol. The molecule has 4 heterocycles. The second-order valence-corrected chi connectivity index (χ2v) is 13.0. The van der Waals surface area contributed by atoms with E-state index in [0.717, 1.165) is 11.1 Å². The standard InChI is InChI=1S/C21H17N5O4.C16H11ClN2O3.C5H7N3O/c27-12-15-10-24-21(11-23-15)25-20-9-14(7-8-22-20)13-30-19-6-5-18(26(28)29)16-3-1-2-4-17(16)19;17-16-9-11(7-8-18-16)10-22-15-6-5-14(19(20)21)12-3-1-2-4-13(12)15;6-5-2-7-4(3-9)1-8-5/h1-11,27H,12-13H2,(H,22,24,25);1-9H,10H2;1-2,9H,3H2,(H2,6,8). The summed E-state index contributed by atoms with van der Waals surface area (Å²) in [4.78, 5) is 45.4. The molecular weight excluding hydrogens is 808 g/mol. The van der Waals surface area contributed by atoms with Gasteiger partial charge in [0.15, 0.2) is 0 Å². The third-order valence-electron chi connectivity index (χ3n) is 8.53. The molecule has 18 nitrogen and oxygen atoms in total. The molecule has 0 spiro atoms. The van der Waals surface area contributed by atoms with Gasteiger partial charge in [0.2, 0.25) is 0 Å². The van der Waals surface area contributed by atoms with Gasteiger partial charge in [0.1, 0.15) is 47.3 Å². The van der Waals surface area contributed by atoms with Crippen LogP contribution in [0.5, 0.6) is 11.5 Å². The van der Waals surface area contributed by atoms with Gasteiger partial charge in [0.05, 0.1) is 70.0 Å². The number of ether oxygens (including phenoxy) is 2. The molecule has 308 valence electrons. The van der Waals surface area contributed by atoms with Crippen LogP contribution < -0.4 is 20.5 Å². The summed E-state index contributed by atoms with van der Waals surface area (Å²) in [5, 5.41) is 45.8. The summed E-state index contributed by atoms with van der Waals surface area (Å²) in [7, 11) is 0. The van der Waals surface area contributed by atoms with Crippen LogP contribution in [0.15, 0.2) is 134 Å². The summed E-state index contributed by atoms with van der Waals surface area (Å²) in [5.74, 6) is 2.59. The molecule has 0 saturated heterocycles. The number of aromatic nitrogens is 6. The second kappa shape index (κ2) is 20.7. The number of benzene rings is 4. The van der Waals surface area contributed by atoms with E-state index in [0.29, 0.717) is 73.6 Å². The highest BCUT2D eigenvalue weighted by Crippen LogP contribution is 2.34. The average molecular weight is 843 g/mol. The van der Waals surface area contributed by atoms with Crippen LogP contribution in [-0.4, -0.2) is 50.0 Å². The van der Waals surface area contributed by atoms with Crippen LogP contribution in [0.3, 0.4) is 0 Å². The van der Waals surface area contributed by atoms with E-state index in [4.69, 9.17) is 37.0 Å². The van der Waals surface area contributed by atoms with Crippen molar-refractivity contribution in [1.29, 1.82) is 0 Å². The van der Waals surface area contributed by atoms with Gasteiger partial charge >= 0.3 is 0 Å². The lowest BCUT2D eigenvalue weighted by molar-refractivity contribution is -0.383. The Hall–Kier alpha value is -7.93. The third kappa shape index (κ3) is 11.6. The molecule has 5 N–H and O–H groups in total. The zero-order chi connectivity index (χ0) is 43.1. The highest BCUT2D eigenvalue weighted by molar-refractivity contribution is 6.29. The first-order chi connectivity index (χ1) is 29.6. The summed E-state index contributed by atoms with van der Waals surface area (Å²) in [6, 6.07) is 27.5. The van der Waals surface area contributed by atoms with E-state index in [2.05, 4.69) is 35.2 Å². The number of non-ortho nitro benzene ring substituents is 2. The number of fused-ring (bicyclic) bond motifs is 2. The summed E-state index contributed by atoms with van der Waals surface area (Å²) in [6.45, 7) is 0.307. The van der Waals surface area contributed by atoms with Crippen molar-refractivity contribution >= 4 is 62.0 Å². The summed E-state index contributed by atoms with van der Waals surface area (Å²) in [6.07, 6.45) is 9.09. The molecule has 0 saturated carbocycles. The Balaban J connectivity index is 0.000000175. The lowest BCUT2D eigenvalue weighted by atomic mass is 10.1. The van der Waals surface area contributed by atoms with E-state index in [1.807, 2.05) is 24.3 Å². The molecule has 8 rings (SSSR count). The number of hydrogen-bond donors (Lipinski definition) is 4. The fraction of sp³-hybridized carbons (Fsp3) is 0.0952. The van der Waals surface area contributed by atoms with E-state index in [1.165, 1.54) is 36.9 Å². The van der Waals surface area contributed by atoms with Crippen molar-refractivity contribution in [1.82, 2.24) is 29.9 Å². The minimum atomic E-state index is -0.400. The zero-order valence-corrected chi connectivity index (χ0v) is 32.7. The van der Waals surface area contributed by atoms with Crippen molar-refractivity contribution in [3.05, 3.63) is 182 Å². The minimum absolute atomic E-state index is 0.0432. The molecule has 0 unspecified atom stereocenters. The van der Waals surface area contributed by atoms with Crippen molar-refractivity contribution in [2.75, 3.05) is 11.1 Å². The van der Waals surface area contributed by atoms with Gasteiger partial charge in [-0.25, -0.2) is 19.9 Å². The van der Waals surface area contributed by atoms with E-state index in [1.54, 1.807) is 73.1 Å². The molecule has 0 atom stereocenters. The Labute approximate surface area is 351 Å². The van der Waals surface area contributed by atoms with E-state index < -0.39 is 9.85 Å². The maximum atomic E-state index is 11.3. The largest absolute Gasteiger partial charge is 0.488 e. The van der Waals surface area contributed by atoms with Gasteiger partial charge in [0, 0.05) is 35.3 Å². The van der Waals surface area contributed by atoms with Crippen molar-refractivity contribution in [2.45, 2.75) is 26.4 Å². The molecule has 0 aliphatic rings. The van der Waals surface area contributed by atoms with Crippen LogP contribution >= 0.6 is 11.6 Å². The maximum absolute atomic E-state index is 11.3. The predicted molar refractivity (Wildman–Crippen MR) is 227 cm³/mol. The molecule has 0 radical (unpaired) electrons. The molecule has 19 heteroatoms. The van der Waals surface area contributed by atoms with Crippen molar-refractivity contribution in [2.24, 2.45) is 0 Å². The number of nitrogens with two attached hydrogens (primary N) is 1. The Bertz CT molecular complexity index is 2770. The number of halogens is 1. The minimum Gasteiger partial charge on any atom is -0.488 e. The lowest BCUT2D eigenvalue weighted by Gasteiger charge is -2.11. The van der Waals surface area contributed by atoms with Crippen LogP contribution in [0.2, 0.25) is 5.15 Å².